The van der Waals surface area contributed by atoms with Gasteiger partial charge in [0.2, 0.25) is 0 Å². The highest BCUT2D eigenvalue weighted by Crippen LogP contribution is 2.25. The number of hydrogen-bond donors (Lipinski definition) is 1. The van der Waals surface area contributed by atoms with Gasteiger partial charge in [0, 0.05) is 18.0 Å². The molecule has 0 atom stereocenters. The Morgan fingerprint density at radius 1 is 1.17 bits per heavy atom. The van der Waals surface area contributed by atoms with Gasteiger partial charge in [0.25, 0.3) is 0 Å². The van der Waals surface area contributed by atoms with Gasteiger partial charge in [-0.1, -0.05) is 37.8 Å². The predicted octanol–water partition coefficient (Wildman–Crippen LogP) is 3.74. The SMILES string of the molecule is Nc1cccc(CCC(=O)C2CCCCCC2)c1. The summed E-state index contributed by atoms with van der Waals surface area (Å²) in [6.45, 7) is 0. The average Bonchev–Trinajstić information content (AvgIpc) is 2.65. The number of carbonyl (C=O) groups excluding carboxylic acids is 1. The van der Waals surface area contributed by atoms with Gasteiger partial charge in [-0.15, -0.1) is 0 Å². The van der Waals surface area contributed by atoms with Crippen molar-refractivity contribution in [3.63, 3.8) is 0 Å². The second kappa shape index (κ2) is 6.58. The quantitative estimate of drug-likeness (QED) is 0.648. The molecule has 1 aromatic carbocycles. The third kappa shape index (κ3) is 3.86. The zero-order valence-electron chi connectivity index (χ0n) is 11.0. The third-order valence-corrected chi connectivity index (χ3v) is 3.92. The summed E-state index contributed by atoms with van der Waals surface area (Å²) in [7, 11) is 0. The van der Waals surface area contributed by atoms with E-state index in [0.29, 0.717) is 18.1 Å². The molecule has 2 rings (SSSR count). The van der Waals surface area contributed by atoms with Crippen LogP contribution >= 0.6 is 0 Å². The smallest absolute Gasteiger partial charge is 0.136 e. The molecule has 0 bridgehead atoms. The van der Waals surface area contributed by atoms with E-state index in [9.17, 15) is 4.79 Å². The first kappa shape index (κ1) is 13.1. The number of rotatable bonds is 4. The van der Waals surface area contributed by atoms with Crippen LogP contribution in [0.25, 0.3) is 0 Å². The van der Waals surface area contributed by atoms with Gasteiger partial charge >= 0.3 is 0 Å². The molecule has 1 aliphatic rings. The van der Waals surface area contributed by atoms with Crippen LogP contribution in [0, 0.1) is 5.92 Å². The van der Waals surface area contributed by atoms with Gasteiger partial charge in [0.15, 0.2) is 0 Å². The Balaban J connectivity index is 1.83. The topological polar surface area (TPSA) is 43.1 Å². The number of nitrogen functional groups attached to an aromatic ring is 1. The first-order chi connectivity index (χ1) is 8.75. The maximum Gasteiger partial charge on any atom is 0.136 e. The second-order valence-electron chi connectivity index (χ2n) is 5.40. The predicted molar refractivity (Wildman–Crippen MR) is 75.4 cm³/mol. The Kier molecular flexibility index (Phi) is 4.80. The van der Waals surface area contributed by atoms with Crippen LogP contribution in [0.3, 0.4) is 0 Å². The summed E-state index contributed by atoms with van der Waals surface area (Å²) < 4.78 is 0. The van der Waals surface area contributed by atoms with Crippen LogP contribution in [0.5, 0.6) is 0 Å². The lowest BCUT2D eigenvalue weighted by molar-refractivity contribution is -0.123. The minimum Gasteiger partial charge on any atom is -0.399 e. The van der Waals surface area contributed by atoms with E-state index in [1.54, 1.807) is 0 Å². The molecule has 0 amide bonds. The molecular formula is C16H23NO. The van der Waals surface area contributed by atoms with Crippen molar-refractivity contribution in [2.45, 2.75) is 51.4 Å². The monoisotopic (exact) mass is 245 g/mol. The molecule has 1 aliphatic carbocycles. The molecular weight excluding hydrogens is 222 g/mol. The summed E-state index contributed by atoms with van der Waals surface area (Å²) in [4.78, 5) is 12.2. The number of ketones is 1. The van der Waals surface area contributed by atoms with E-state index in [4.69, 9.17) is 5.73 Å². The van der Waals surface area contributed by atoms with E-state index in [2.05, 4.69) is 6.07 Å². The van der Waals surface area contributed by atoms with E-state index in [0.717, 1.165) is 24.9 Å². The number of Topliss-reactive ketones (excluding diaryl/α,β-unsaturated/α-hetero) is 1. The molecule has 0 aromatic heterocycles. The van der Waals surface area contributed by atoms with E-state index in [-0.39, 0.29) is 0 Å². The molecule has 2 nitrogen and oxygen atoms in total. The number of nitrogens with two attached hydrogens (primary N) is 1. The van der Waals surface area contributed by atoms with Gasteiger partial charge < -0.3 is 5.73 Å². The van der Waals surface area contributed by atoms with Crippen LogP contribution in [0.1, 0.15) is 50.5 Å². The van der Waals surface area contributed by atoms with Crippen LogP contribution in [-0.4, -0.2) is 5.78 Å². The van der Waals surface area contributed by atoms with Gasteiger partial charge in [0.1, 0.15) is 5.78 Å². The largest absolute Gasteiger partial charge is 0.399 e. The minimum absolute atomic E-state index is 0.327. The lowest BCUT2D eigenvalue weighted by atomic mass is 9.92. The molecule has 1 aromatic rings. The molecule has 0 spiro atoms. The van der Waals surface area contributed by atoms with Crippen molar-refractivity contribution in [1.82, 2.24) is 0 Å². The van der Waals surface area contributed by atoms with Crippen molar-refractivity contribution in [3.8, 4) is 0 Å². The van der Waals surface area contributed by atoms with Gasteiger partial charge in [-0.3, -0.25) is 4.79 Å². The third-order valence-electron chi connectivity index (χ3n) is 3.92. The van der Waals surface area contributed by atoms with Crippen LogP contribution in [0.15, 0.2) is 24.3 Å². The standard InChI is InChI=1S/C16H23NO/c17-15-9-5-6-13(12-15)10-11-16(18)14-7-3-1-2-4-8-14/h5-6,9,12,14H,1-4,7-8,10-11,17H2. The van der Waals surface area contributed by atoms with E-state index in [1.807, 2.05) is 18.2 Å². The van der Waals surface area contributed by atoms with Gasteiger partial charge in [-0.25, -0.2) is 0 Å². The summed E-state index contributed by atoms with van der Waals surface area (Å²) in [5, 5.41) is 0. The lowest BCUT2D eigenvalue weighted by Crippen LogP contribution is -2.14. The Morgan fingerprint density at radius 3 is 2.56 bits per heavy atom. The fourth-order valence-electron chi connectivity index (χ4n) is 2.82. The van der Waals surface area contributed by atoms with Gasteiger partial charge in [-0.2, -0.15) is 0 Å². The number of carbonyl (C=O) groups is 1. The van der Waals surface area contributed by atoms with Crippen molar-refractivity contribution < 1.29 is 4.79 Å². The van der Waals surface area contributed by atoms with Crippen molar-refractivity contribution in [1.29, 1.82) is 0 Å². The molecule has 0 aliphatic heterocycles. The molecule has 0 saturated heterocycles. The Labute approximate surface area is 110 Å². The number of anilines is 1. The Morgan fingerprint density at radius 2 is 1.89 bits per heavy atom. The maximum atomic E-state index is 12.2. The molecule has 1 fully saturated rings. The summed E-state index contributed by atoms with van der Waals surface area (Å²) in [5.41, 5.74) is 7.71. The van der Waals surface area contributed by atoms with Crippen LogP contribution in [-0.2, 0) is 11.2 Å². The van der Waals surface area contributed by atoms with Crippen LogP contribution < -0.4 is 5.73 Å². The van der Waals surface area contributed by atoms with Crippen molar-refractivity contribution in [2.75, 3.05) is 5.73 Å². The molecule has 2 heteroatoms. The van der Waals surface area contributed by atoms with Crippen molar-refractivity contribution in [2.24, 2.45) is 5.92 Å². The first-order valence-electron chi connectivity index (χ1n) is 7.13. The molecule has 1 saturated carbocycles. The highest BCUT2D eigenvalue weighted by molar-refractivity contribution is 5.81. The van der Waals surface area contributed by atoms with Crippen LogP contribution in [0.2, 0.25) is 0 Å². The fraction of sp³-hybridized carbons (Fsp3) is 0.562. The summed E-state index contributed by atoms with van der Waals surface area (Å²) >= 11 is 0. The molecule has 98 valence electrons. The zero-order chi connectivity index (χ0) is 12.8. The average molecular weight is 245 g/mol. The normalized spacial score (nSPS) is 17.3. The van der Waals surface area contributed by atoms with Crippen LogP contribution in [0.4, 0.5) is 5.69 Å². The number of aryl methyl sites for hydroxylation is 1. The Bertz CT molecular complexity index is 392. The molecule has 0 heterocycles. The fourth-order valence-corrected chi connectivity index (χ4v) is 2.82. The van der Waals surface area contributed by atoms with Crippen molar-refractivity contribution in [3.05, 3.63) is 29.8 Å². The van der Waals surface area contributed by atoms with Gasteiger partial charge in [0.05, 0.1) is 0 Å². The van der Waals surface area contributed by atoms with E-state index >= 15 is 0 Å². The maximum absolute atomic E-state index is 12.2. The zero-order valence-corrected chi connectivity index (χ0v) is 11.0. The molecule has 0 radical (unpaired) electrons. The molecule has 18 heavy (non-hydrogen) atoms. The van der Waals surface area contributed by atoms with Crippen molar-refractivity contribution >= 4 is 11.5 Å². The minimum atomic E-state index is 0.327. The summed E-state index contributed by atoms with van der Waals surface area (Å²) in [5.74, 6) is 0.785. The summed E-state index contributed by atoms with van der Waals surface area (Å²) in [6, 6.07) is 7.87. The molecule has 0 unspecified atom stereocenters. The second-order valence-corrected chi connectivity index (χ2v) is 5.40. The first-order valence-corrected chi connectivity index (χ1v) is 7.13. The number of benzene rings is 1. The lowest BCUT2D eigenvalue weighted by Gasteiger charge is -2.12. The number of hydrogen-bond acceptors (Lipinski definition) is 2. The highest BCUT2D eigenvalue weighted by Gasteiger charge is 2.19. The Hall–Kier alpha value is -1.31. The summed E-state index contributed by atoms with van der Waals surface area (Å²) in [6.07, 6.45) is 8.79. The van der Waals surface area contributed by atoms with E-state index < -0.39 is 0 Å². The van der Waals surface area contributed by atoms with E-state index in [1.165, 1.54) is 31.2 Å². The molecule has 2 N–H and O–H groups in total. The highest BCUT2D eigenvalue weighted by atomic mass is 16.1. The van der Waals surface area contributed by atoms with Gasteiger partial charge in [-0.05, 0) is 37.0 Å².